The number of nitrogens with one attached hydrogen (secondary N) is 1. The second kappa shape index (κ2) is 16.0. The number of aliphatic imine (C=N–C) groups is 1. The van der Waals surface area contributed by atoms with Gasteiger partial charge in [-0.1, -0.05) is 64.6 Å². The highest BCUT2D eigenvalue weighted by molar-refractivity contribution is 7.19. The highest BCUT2D eigenvalue weighted by Gasteiger charge is 2.31. The largest absolute Gasteiger partial charge is 0.412 e. The number of nitrogens with zero attached hydrogens (tertiary/aromatic N) is 2. The Morgan fingerprint density at radius 2 is 1.75 bits per heavy atom. The van der Waals surface area contributed by atoms with Crippen molar-refractivity contribution in [2.75, 3.05) is 23.6 Å². The molecule has 0 radical (unpaired) electrons. The highest BCUT2D eigenvalue weighted by atomic mass is 31.0. The van der Waals surface area contributed by atoms with E-state index in [1.165, 1.54) is 12.5 Å². The molecule has 0 amide bonds. The van der Waals surface area contributed by atoms with E-state index in [0.29, 0.717) is 5.69 Å². The van der Waals surface area contributed by atoms with Gasteiger partial charge in [-0.2, -0.15) is 13.2 Å². The molecule has 2 aromatic rings. The van der Waals surface area contributed by atoms with Gasteiger partial charge in [-0.25, -0.2) is 0 Å². The predicted molar refractivity (Wildman–Crippen MR) is 155 cm³/mol. The molecule has 3 rings (SSSR count). The number of hydrogen-bond acceptors (Lipinski definition) is 3. The summed E-state index contributed by atoms with van der Waals surface area (Å²) in [6, 6.07) is 15.5. The van der Waals surface area contributed by atoms with Gasteiger partial charge in [-0.05, 0) is 75.7 Å². The predicted octanol–water partition coefficient (Wildman–Crippen LogP) is 9.23. The third kappa shape index (κ3) is 10.8. The molecule has 1 atom stereocenters. The first-order valence-corrected chi connectivity index (χ1v) is 12.8. The number of benzene rings is 2. The fourth-order valence-electron chi connectivity index (χ4n) is 3.29. The summed E-state index contributed by atoms with van der Waals surface area (Å²) in [5, 5.41) is 2.94. The second-order valence-electron chi connectivity index (χ2n) is 7.87. The number of hydrogen-bond donors (Lipinski definition) is 1. The van der Waals surface area contributed by atoms with Crippen molar-refractivity contribution in [1.29, 1.82) is 0 Å². The van der Waals surface area contributed by atoms with Crippen LogP contribution in [0.15, 0.2) is 89.1 Å². The molecule has 3 nitrogen and oxygen atoms in total. The molecule has 1 aliphatic rings. The summed E-state index contributed by atoms with van der Waals surface area (Å²) in [5.74, 6) is 0. The van der Waals surface area contributed by atoms with Crippen LogP contribution in [0.3, 0.4) is 0 Å². The zero-order chi connectivity index (χ0) is 27.1. The third-order valence-corrected chi connectivity index (χ3v) is 5.48. The zero-order valence-electron chi connectivity index (χ0n) is 22.0. The Kier molecular flexibility index (Phi) is 13.9. The molecule has 1 heterocycles. The van der Waals surface area contributed by atoms with Gasteiger partial charge in [0.15, 0.2) is 0 Å². The Bertz CT molecular complexity index is 1050. The molecule has 1 aliphatic heterocycles. The number of halogens is 3. The fourth-order valence-corrected chi connectivity index (χ4v) is 3.45. The minimum Gasteiger partial charge on any atom is -0.359 e. The molecule has 196 valence electrons. The molecule has 0 fully saturated rings. The second-order valence-corrected chi connectivity index (χ2v) is 8.64. The quantitative estimate of drug-likeness (QED) is 0.293. The molecule has 2 aromatic carbocycles. The van der Waals surface area contributed by atoms with Crippen molar-refractivity contribution >= 4 is 27.0 Å². The van der Waals surface area contributed by atoms with Crippen LogP contribution in [0.25, 0.3) is 11.1 Å². The van der Waals surface area contributed by atoms with E-state index in [1.807, 2.05) is 74.2 Å². The standard InChI is InChI=1S/C20H22F3N2P.C7H11N.C2H6/c1-4-17(20(21,22)23)11-14(2)24-18-9-5-7-15(12-18)16-8-6-10-19(13-16)25(3)26;1-2-7-4-3-5-8-6-7;1-2/h5-13,24H,2,4,26H2,1,3H3;4,6H,2-3,5H2,1H3;1-2H3/b17-11+;;. The number of anilines is 2. The van der Waals surface area contributed by atoms with Crippen molar-refractivity contribution in [2.45, 2.75) is 53.1 Å². The first-order valence-electron chi connectivity index (χ1n) is 12.3. The minimum absolute atomic E-state index is 0.0976. The first kappa shape index (κ1) is 31.2. The van der Waals surface area contributed by atoms with Gasteiger partial charge in [0.1, 0.15) is 0 Å². The van der Waals surface area contributed by atoms with Gasteiger partial charge in [-0.3, -0.25) is 4.99 Å². The normalized spacial score (nSPS) is 12.9. The van der Waals surface area contributed by atoms with E-state index in [0.717, 1.165) is 42.3 Å². The lowest BCUT2D eigenvalue weighted by Crippen LogP contribution is -2.12. The smallest absolute Gasteiger partial charge is 0.359 e. The van der Waals surface area contributed by atoms with Crippen LogP contribution < -0.4 is 9.99 Å². The van der Waals surface area contributed by atoms with Crippen LogP contribution in [-0.4, -0.2) is 26.0 Å². The molecule has 36 heavy (non-hydrogen) atoms. The van der Waals surface area contributed by atoms with Crippen LogP contribution in [0, 0.1) is 0 Å². The molecule has 0 spiro atoms. The average molecular weight is 518 g/mol. The Morgan fingerprint density at radius 1 is 1.11 bits per heavy atom. The topological polar surface area (TPSA) is 27.6 Å². The van der Waals surface area contributed by atoms with Gasteiger partial charge >= 0.3 is 6.18 Å². The number of rotatable bonds is 7. The van der Waals surface area contributed by atoms with E-state index >= 15 is 0 Å². The van der Waals surface area contributed by atoms with Crippen molar-refractivity contribution in [3.05, 3.63) is 84.1 Å². The Labute approximate surface area is 217 Å². The van der Waals surface area contributed by atoms with E-state index in [1.54, 1.807) is 6.07 Å². The summed E-state index contributed by atoms with van der Waals surface area (Å²) in [7, 11) is 4.54. The van der Waals surface area contributed by atoms with Crippen molar-refractivity contribution < 1.29 is 13.2 Å². The van der Waals surface area contributed by atoms with Crippen molar-refractivity contribution in [3.63, 3.8) is 0 Å². The summed E-state index contributed by atoms with van der Waals surface area (Å²) in [6.07, 6.45) is 3.11. The van der Waals surface area contributed by atoms with Crippen molar-refractivity contribution in [1.82, 2.24) is 0 Å². The lowest BCUT2D eigenvalue weighted by atomic mass is 10.0. The van der Waals surface area contributed by atoms with Gasteiger partial charge in [-0.15, -0.1) is 0 Å². The maximum Gasteiger partial charge on any atom is 0.412 e. The van der Waals surface area contributed by atoms with Crippen LogP contribution in [0.1, 0.15) is 47.0 Å². The molecular weight excluding hydrogens is 478 g/mol. The molecule has 0 aliphatic carbocycles. The van der Waals surface area contributed by atoms with Gasteiger partial charge in [0.25, 0.3) is 0 Å². The Balaban J connectivity index is 0.000000543. The highest BCUT2D eigenvalue weighted by Crippen LogP contribution is 2.30. The van der Waals surface area contributed by atoms with E-state index in [2.05, 4.69) is 39.3 Å². The van der Waals surface area contributed by atoms with Gasteiger partial charge in [0, 0.05) is 42.5 Å². The van der Waals surface area contributed by atoms with Crippen LogP contribution in [0.2, 0.25) is 0 Å². The van der Waals surface area contributed by atoms with E-state index in [-0.39, 0.29) is 12.1 Å². The molecule has 0 saturated carbocycles. The molecule has 1 N–H and O–H groups in total. The van der Waals surface area contributed by atoms with Crippen LogP contribution in [-0.2, 0) is 0 Å². The SMILES string of the molecule is C=C(/C=C(\CC)C(F)(F)F)Nc1cccc(-c2cccc(N(C)P)c2)c1.CC.CCC1=CCCN=C1. The summed E-state index contributed by atoms with van der Waals surface area (Å²) in [6.45, 7) is 12.3. The molecule has 0 aromatic heterocycles. The number of allylic oxidation sites excluding steroid dienone is 3. The van der Waals surface area contributed by atoms with Crippen LogP contribution in [0.4, 0.5) is 24.5 Å². The molecule has 0 saturated heterocycles. The molecule has 1 unspecified atom stereocenters. The fraction of sp³-hybridized carbons (Fsp3) is 0.345. The number of dihydropyridines is 1. The summed E-state index contributed by atoms with van der Waals surface area (Å²) >= 11 is 0. The van der Waals surface area contributed by atoms with Gasteiger partial charge < -0.3 is 9.99 Å². The zero-order valence-corrected chi connectivity index (χ0v) is 23.1. The number of alkyl halides is 3. The average Bonchev–Trinajstić information content (AvgIpc) is 2.89. The molecule has 7 heteroatoms. The summed E-state index contributed by atoms with van der Waals surface area (Å²) in [5.41, 5.74) is 4.69. The van der Waals surface area contributed by atoms with E-state index in [9.17, 15) is 13.2 Å². The third-order valence-electron chi connectivity index (χ3n) is 5.18. The molecular formula is C29H39F3N3P. The van der Waals surface area contributed by atoms with Gasteiger partial charge in [0.05, 0.1) is 0 Å². The maximum absolute atomic E-state index is 12.9. The summed E-state index contributed by atoms with van der Waals surface area (Å²) < 4.78 is 40.5. The lowest BCUT2D eigenvalue weighted by molar-refractivity contribution is -0.0935. The monoisotopic (exact) mass is 517 g/mol. The minimum atomic E-state index is -4.34. The maximum atomic E-state index is 12.9. The van der Waals surface area contributed by atoms with Crippen LogP contribution >= 0.6 is 9.39 Å². The van der Waals surface area contributed by atoms with Crippen LogP contribution in [0.5, 0.6) is 0 Å². The summed E-state index contributed by atoms with van der Waals surface area (Å²) in [4.78, 5) is 4.14. The first-order chi connectivity index (χ1) is 17.1. The Morgan fingerprint density at radius 3 is 2.25 bits per heavy atom. The van der Waals surface area contributed by atoms with E-state index in [4.69, 9.17) is 0 Å². The van der Waals surface area contributed by atoms with E-state index < -0.39 is 11.7 Å². The van der Waals surface area contributed by atoms with Gasteiger partial charge in [0.2, 0.25) is 0 Å². The molecule has 0 bridgehead atoms. The van der Waals surface area contributed by atoms with Crippen molar-refractivity contribution in [2.24, 2.45) is 4.99 Å². The Hall–Kier alpha value is -2.85. The lowest BCUT2D eigenvalue weighted by Gasteiger charge is -2.14. The van der Waals surface area contributed by atoms with Crippen molar-refractivity contribution in [3.8, 4) is 11.1 Å².